The number of rotatable bonds is 11. The lowest BCUT2D eigenvalue weighted by Crippen LogP contribution is -2.28. The van der Waals surface area contributed by atoms with E-state index < -0.39 is 5.41 Å². The Morgan fingerprint density at radius 1 is 1.11 bits per heavy atom. The van der Waals surface area contributed by atoms with E-state index in [1.54, 1.807) is 0 Å². The Labute approximate surface area is 170 Å². The monoisotopic (exact) mass is 406 g/mol. The first kappa shape index (κ1) is 22.4. The van der Waals surface area contributed by atoms with E-state index in [1.165, 1.54) is 17.4 Å². The van der Waals surface area contributed by atoms with Crippen molar-refractivity contribution >= 4 is 27.4 Å². The summed E-state index contributed by atoms with van der Waals surface area (Å²) in [6.45, 7) is 9.36. The fourth-order valence-corrected chi connectivity index (χ4v) is 3.46. The molecule has 0 fully saturated rings. The minimum atomic E-state index is -0.473. The third-order valence-electron chi connectivity index (χ3n) is 4.46. The standard InChI is InChI=1S/C22H30O5S/c1-16(2)9-10-22(3,4)21(24)27-14-12-25-11-13-26-18-15-20(23)28-19-8-6-5-7-17(18)19/h5-8,15-16H,9-14H2,1-4H3. The Bertz CT molecular complexity index is 825. The zero-order valence-electron chi connectivity index (χ0n) is 17.2. The van der Waals surface area contributed by atoms with Crippen molar-refractivity contribution in [2.45, 2.75) is 40.5 Å². The highest BCUT2D eigenvalue weighted by Crippen LogP contribution is 2.27. The number of hydrogen-bond acceptors (Lipinski definition) is 6. The number of hydrogen-bond donors (Lipinski definition) is 0. The zero-order chi connectivity index (χ0) is 20.6. The van der Waals surface area contributed by atoms with Gasteiger partial charge in [-0.3, -0.25) is 9.59 Å². The molecule has 0 unspecified atom stereocenters. The highest BCUT2D eigenvalue weighted by atomic mass is 32.1. The Morgan fingerprint density at radius 3 is 2.57 bits per heavy atom. The van der Waals surface area contributed by atoms with Gasteiger partial charge in [0, 0.05) is 16.2 Å². The summed E-state index contributed by atoms with van der Waals surface area (Å²) in [7, 11) is 0. The molecule has 0 aliphatic carbocycles. The Hall–Kier alpha value is -1.92. The van der Waals surface area contributed by atoms with E-state index in [-0.39, 0.29) is 17.3 Å². The molecule has 1 aromatic carbocycles. The quantitative estimate of drug-likeness (QED) is 0.401. The van der Waals surface area contributed by atoms with Gasteiger partial charge in [0.05, 0.1) is 18.6 Å². The van der Waals surface area contributed by atoms with Gasteiger partial charge < -0.3 is 14.2 Å². The van der Waals surface area contributed by atoms with Crippen molar-refractivity contribution in [3.8, 4) is 5.75 Å². The van der Waals surface area contributed by atoms with Gasteiger partial charge in [-0.25, -0.2) is 0 Å². The lowest BCUT2D eigenvalue weighted by molar-refractivity contribution is -0.156. The van der Waals surface area contributed by atoms with E-state index in [4.69, 9.17) is 14.2 Å². The normalized spacial score (nSPS) is 11.8. The van der Waals surface area contributed by atoms with Crippen molar-refractivity contribution in [1.82, 2.24) is 0 Å². The van der Waals surface area contributed by atoms with Gasteiger partial charge in [0.2, 0.25) is 4.74 Å². The summed E-state index contributed by atoms with van der Waals surface area (Å²) in [5.74, 6) is 0.949. The van der Waals surface area contributed by atoms with Crippen molar-refractivity contribution in [3.05, 3.63) is 39.9 Å². The Morgan fingerprint density at radius 2 is 1.82 bits per heavy atom. The number of benzene rings is 1. The first-order valence-corrected chi connectivity index (χ1v) is 10.5. The predicted molar refractivity (Wildman–Crippen MR) is 113 cm³/mol. The zero-order valence-corrected chi connectivity index (χ0v) is 18.0. The van der Waals surface area contributed by atoms with Crippen LogP contribution in [0.15, 0.2) is 35.1 Å². The maximum atomic E-state index is 12.2. The summed E-state index contributed by atoms with van der Waals surface area (Å²) in [5.41, 5.74) is -0.473. The highest BCUT2D eigenvalue weighted by Gasteiger charge is 2.29. The van der Waals surface area contributed by atoms with E-state index >= 15 is 0 Å². The van der Waals surface area contributed by atoms with Gasteiger partial charge in [-0.1, -0.05) is 37.3 Å². The minimum absolute atomic E-state index is 0.0402. The van der Waals surface area contributed by atoms with Gasteiger partial charge in [0.1, 0.15) is 19.0 Å². The molecule has 5 nitrogen and oxygen atoms in total. The molecule has 0 spiro atoms. The summed E-state index contributed by atoms with van der Waals surface area (Å²) in [6, 6.07) is 9.16. The average molecular weight is 407 g/mol. The smallest absolute Gasteiger partial charge is 0.311 e. The van der Waals surface area contributed by atoms with Gasteiger partial charge in [0.25, 0.3) is 0 Å². The molecule has 0 saturated carbocycles. The molecule has 28 heavy (non-hydrogen) atoms. The molecule has 1 aromatic heterocycles. The van der Waals surface area contributed by atoms with Crippen LogP contribution >= 0.6 is 11.3 Å². The summed E-state index contributed by atoms with van der Waals surface area (Å²) in [6.07, 6.45) is 1.81. The number of carbonyl (C=O) groups excluding carboxylic acids is 1. The van der Waals surface area contributed by atoms with Crippen LogP contribution in [0, 0.1) is 11.3 Å². The van der Waals surface area contributed by atoms with Crippen molar-refractivity contribution in [1.29, 1.82) is 0 Å². The first-order chi connectivity index (χ1) is 13.3. The van der Waals surface area contributed by atoms with Crippen molar-refractivity contribution in [2.24, 2.45) is 11.3 Å². The molecule has 2 rings (SSSR count). The van der Waals surface area contributed by atoms with E-state index in [0.717, 1.165) is 22.9 Å². The Balaban J connectivity index is 1.68. The molecule has 2 aromatic rings. The fraction of sp³-hybridized carbons (Fsp3) is 0.545. The number of fused-ring (bicyclic) bond motifs is 1. The van der Waals surface area contributed by atoms with Crippen LogP contribution in [0.4, 0.5) is 0 Å². The number of ether oxygens (including phenoxy) is 3. The molecule has 0 amide bonds. The topological polar surface area (TPSA) is 61.8 Å². The molecule has 1 heterocycles. The van der Waals surface area contributed by atoms with E-state index in [0.29, 0.717) is 31.5 Å². The van der Waals surface area contributed by atoms with Gasteiger partial charge in [-0.2, -0.15) is 0 Å². The largest absolute Gasteiger partial charge is 0.490 e. The molecule has 0 radical (unpaired) electrons. The molecule has 0 N–H and O–H groups in total. The van der Waals surface area contributed by atoms with Crippen LogP contribution in [0.1, 0.15) is 40.5 Å². The molecular weight excluding hydrogens is 376 g/mol. The molecular formula is C22H30O5S. The summed E-state index contributed by atoms with van der Waals surface area (Å²) < 4.78 is 17.4. The highest BCUT2D eigenvalue weighted by molar-refractivity contribution is 7.16. The van der Waals surface area contributed by atoms with Crippen molar-refractivity contribution in [3.63, 3.8) is 0 Å². The third kappa shape index (κ3) is 6.91. The maximum Gasteiger partial charge on any atom is 0.311 e. The van der Waals surface area contributed by atoms with Crippen LogP contribution in [-0.2, 0) is 14.3 Å². The predicted octanol–water partition coefficient (Wildman–Crippen LogP) is 4.66. The van der Waals surface area contributed by atoms with Crippen LogP contribution in [-0.4, -0.2) is 32.4 Å². The van der Waals surface area contributed by atoms with Crippen LogP contribution in [0.5, 0.6) is 5.75 Å². The molecule has 0 aliphatic rings. The van der Waals surface area contributed by atoms with Crippen LogP contribution < -0.4 is 9.48 Å². The van der Waals surface area contributed by atoms with E-state index in [9.17, 15) is 9.59 Å². The van der Waals surface area contributed by atoms with Crippen LogP contribution in [0.25, 0.3) is 10.1 Å². The van der Waals surface area contributed by atoms with Crippen molar-refractivity contribution in [2.75, 3.05) is 26.4 Å². The number of esters is 1. The van der Waals surface area contributed by atoms with Gasteiger partial charge in [0.15, 0.2) is 0 Å². The molecule has 0 aliphatic heterocycles. The first-order valence-electron chi connectivity index (χ1n) is 9.70. The second-order valence-electron chi connectivity index (χ2n) is 7.84. The SMILES string of the molecule is CC(C)CCC(C)(C)C(=O)OCCOCCOc1cc(=O)sc2ccccc12. The summed E-state index contributed by atoms with van der Waals surface area (Å²) in [4.78, 5) is 23.9. The minimum Gasteiger partial charge on any atom is -0.490 e. The molecule has 154 valence electrons. The summed E-state index contributed by atoms with van der Waals surface area (Å²) in [5, 5.41) is 0.921. The van der Waals surface area contributed by atoms with Crippen molar-refractivity contribution < 1.29 is 19.0 Å². The molecule has 0 bridgehead atoms. The van der Waals surface area contributed by atoms with E-state index in [1.807, 2.05) is 38.1 Å². The third-order valence-corrected chi connectivity index (χ3v) is 5.35. The lowest BCUT2D eigenvalue weighted by Gasteiger charge is -2.23. The summed E-state index contributed by atoms with van der Waals surface area (Å²) >= 11 is 1.20. The van der Waals surface area contributed by atoms with Gasteiger partial charge in [-0.05, 0) is 44.7 Å². The molecule has 6 heteroatoms. The van der Waals surface area contributed by atoms with E-state index in [2.05, 4.69) is 13.8 Å². The second kappa shape index (κ2) is 10.6. The average Bonchev–Trinajstić information content (AvgIpc) is 2.65. The maximum absolute atomic E-state index is 12.2. The van der Waals surface area contributed by atoms with Crippen LogP contribution in [0.2, 0.25) is 0 Å². The Kier molecular flexibility index (Phi) is 8.45. The van der Waals surface area contributed by atoms with Gasteiger partial charge in [-0.15, -0.1) is 0 Å². The van der Waals surface area contributed by atoms with Crippen LogP contribution in [0.3, 0.4) is 0 Å². The second-order valence-corrected chi connectivity index (χ2v) is 8.89. The molecule has 0 atom stereocenters. The molecule has 0 saturated heterocycles. The fourth-order valence-electron chi connectivity index (χ4n) is 2.65. The number of carbonyl (C=O) groups is 1. The van der Waals surface area contributed by atoms with Gasteiger partial charge >= 0.3 is 5.97 Å². The lowest BCUT2D eigenvalue weighted by atomic mass is 9.85.